The highest BCUT2D eigenvalue weighted by atomic mass is 32.2. The van der Waals surface area contributed by atoms with Crippen LogP contribution in [0.25, 0.3) is 0 Å². The number of cyclic esters (lactones) is 1. The van der Waals surface area contributed by atoms with Gasteiger partial charge in [0.1, 0.15) is 22.7 Å². The SMILES string of the molecule is CCC(C)Oc1ccc(C(C)(C)C)cc1NC(=O)C(C1C(=O)OC(C)(C)C1=O)C1Nc2ccccc2S(=O)(=O)N1CCCOC. The van der Waals surface area contributed by atoms with Crippen LogP contribution in [0.1, 0.15) is 66.9 Å². The second-order valence-electron chi connectivity index (χ2n) is 13.1. The second kappa shape index (κ2) is 13.1. The number of Topliss-reactive ketones (excluding diaryl/α,β-unsaturated/α-hetero) is 1. The Morgan fingerprint density at radius 2 is 1.84 bits per heavy atom. The molecule has 2 N–H and O–H groups in total. The van der Waals surface area contributed by atoms with Crippen molar-refractivity contribution < 1.29 is 37.0 Å². The Hall–Kier alpha value is -3.48. The van der Waals surface area contributed by atoms with Gasteiger partial charge < -0.3 is 24.8 Å². The van der Waals surface area contributed by atoms with Crippen molar-refractivity contribution in [1.29, 1.82) is 0 Å². The van der Waals surface area contributed by atoms with Crippen LogP contribution in [0.2, 0.25) is 0 Å². The van der Waals surface area contributed by atoms with Gasteiger partial charge in [-0.2, -0.15) is 4.31 Å². The Bertz CT molecular complexity index is 1550. The molecule has 0 aliphatic carbocycles. The first kappa shape index (κ1) is 34.4. The summed E-state index contributed by atoms with van der Waals surface area (Å²) in [5.74, 6) is -4.90. The summed E-state index contributed by atoms with van der Waals surface area (Å²) < 4.78 is 46.0. The number of para-hydroxylation sites is 1. The number of carbonyl (C=O) groups excluding carboxylic acids is 3. The number of benzene rings is 2. The number of hydrogen-bond donors (Lipinski definition) is 2. The lowest BCUT2D eigenvalue weighted by atomic mass is 9.82. The van der Waals surface area contributed by atoms with Gasteiger partial charge in [0.2, 0.25) is 15.9 Å². The van der Waals surface area contributed by atoms with E-state index in [1.807, 2.05) is 46.8 Å². The van der Waals surface area contributed by atoms with Gasteiger partial charge in [-0.1, -0.05) is 45.9 Å². The number of esters is 1. The lowest BCUT2D eigenvalue weighted by Gasteiger charge is -2.41. The molecule has 1 amide bonds. The van der Waals surface area contributed by atoms with Crippen molar-refractivity contribution in [3.05, 3.63) is 48.0 Å². The smallest absolute Gasteiger partial charge is 0.318 e. The van der Waals surface area contributed by atoms with Crippen molar-refractivity contribution >= 4 is 39.1 Å². The van der Waals surface area contributed by atoms with Gasteiger partial charge in [-0.05, 0) is 68.9 Å². The molecule has 4 unspecified atom stereocenters. The Labute approximate surface area is 266 Å². The minimum Gasteiger partial charge on any atom is -0.489 e. The summed E-state index contributed by atoms with van der Waals surface area (Å²) >= 11 is 0. The van der Waals surface area contributed by atoms with Gasteiger partial charge in [0.05, 0.1) is 23.4 Å². The topological polar surface area (TPSA) is 140 Å². The standard InChI is InChI=1S/C33H45N3O8S/c1-9-20(2)43-24-16-15-21(32(3,4)5)19-23(24)35-30(38)27(26-28(37)33(6,7)44-31(26)39)29-34-22-13-10-11-14-25(22)45(40,41)36(29)17-12-18-42-8/h10-11,13-16,19-20,26-27,29,34H,9,12,17-18H2,1-8H3,(H,35,38). The molecule has 2 aliphatic heterocycles. The van der Waals surface area contributed by atoms with E-state index in [0.717, 1.165) is 9.87 Å². The molecular formula is C33H45N3O8S. The normalized spacial score (nSPS) is 22.1. The molecule has 2 heterocycles. The first-order valence-corrected chi connectivity index (χ1v) is 16.7. The van der Waals surface area contributed by atoms with E-state index in [-0.39, 0.29) is 35.3 Å². The number of nitrogens with one attached hydrogen (secondary N) is 2. The third-order valence-corrected chi connectivity index (χ3v) is 10.2. The van der Waals surface area contributed by atoms with Crippen LogP contribution in [0.3, 0.4) is 0 Å². The van der Waals surface area contributed by atoms with E-state index < -0.39 is 51.3 Å². The van der Waals surface area contributed by atoms with Gasteiger partial charge in [-0.25, -0.2) is 8.42 Å². The fourth-order valence-electron chi connectivity index (χ4n) is 5.56. The van der Waals surface area contributed by atoms with Crippen molar-refractivity contribution in [3.8, 4) is 5.75 Å². The molecule has 11 nitrogen and oxygen atoms in total. The molecule has 0 bridgehead atoms. The monoisotopic (exact) mass is 643 g/mol. The van der Waals surface area contributed by atoms with Crippen LogP contribution in [0.15, 0.2) is 47.4 Å². The lowest BCUT2D eigenvalue weighted by Crippen LogP contribution is -2.58. The Balaban J connectivity index is 1.87. The summed E-state index contributed by atoms with van der Waals surface area (Å²) in [5.41, 5.74) is -0.248. The van der Waals surface area contributed by atoms with Crippen molar-refractivity contribution in [2.45, 2.75) is 89.5 Å². The number of methoxy groups -OCH3 is 1. The van der Waals surface area contributed by atoms with Crippen LogP contribution in [-0.2, 0) is 39.3 Å². The summed E-state index contributed by atoms with van der Waals surface area (Å²) in [5, 5.41) is 6.11. The number of fused-ring (bicyclic) bond motifs is 1. The average molecular weight is 644 g/mol. The summed E-state index contributed by atoms with van der Waals surface area (Å²) in [6, 6.07) is 11.9. The van der Waals surface area contributed by atoms with Crippen molar-refractivity contribution in [1.82, 2.24) is 4.31 Å². The van der Waals surface area contributed by atoms with E-state index in [2.05, 4.69) is 10.6 Å². The van der Waals surface area contributed by atoms with E-state index in [0.29, 0.717) is 24.3 Å². The predicted molar refractivity (Wildman–Crippen MR) is 171 cm³/mol. The zero-order valence-corrected chi connectivity index (χ0v) is 28.1. The first-order valence-electron chi connectivity index (χ1n) is 15.3. The molecule has 1 saturated heterocycles. The van der Waals surface area contributed by atoms with Gasteiger partial charge in [0.15, 0.2) is 11.4 Å². The number of hydrogen-bond acceptors (Lipinski definition) is 9. The zero-order valence-electron chi connectivity index (χ0n) is 27.3. The number of anilines is 2. The molecule has 0 spiro atoms. The summed E-state index contributed by atoms with van der Waals surface area (Å²) in [4.78, 5) is 41.7. The van der Waals surface area contributed by atoms with Crippen LogP contribution >= 0.6 is 0 Å². The maximum atomic E-state index is 14.6. The van der Waals surface area contributed by atoms with Crippen molar-refractivity contribution in [2.75, 3.05) is 30.9 Å². The van der Waals surface area contributed by atoms with Crippen molar-refractivity contribution in [2.24, 2.45) is 11.8 Å². The number of nitrogens with zero attached hydrogens (tertiary/aromatic N) is 1. The zero-order chi connectivity index (χ0) is 33.3. The van der Waals surface area contributed by atoms with Crippen LogP contribution in [0, 0.1) is 11.8 Å². The van der Waals surface area contributed by atoms with Gasteiger partial charge in [-0.3, -0.25) is 14.4 Å². The third-order valence-electron chi connectivity index (χ3n) is 8.31. The molecule has 0 saturated carbocycles. The number of amides is 1. The second-order valence-corrected chi connectivity index (χ2v) is 15.0. The number of ether oxygens (including phenoxy) is 3. The summed E-state index contributed by atoms with van der Waals surface area (Å²) in [6.07, 6.45) is -0.447. The molecule has 4 atom stereocenters. The molecule has 0 aromatic heterocycles. The largest absolute Gasteiger partial charge is 0.489 e. The lowest BCUT2D eigenvalue weighted by molar-refractivity contribution is -0.151. The minimum absolute atomic E-state index is 0.0283. The fourth-order valence-corrected chi connectivity index (χ4v) is 7.32. The van der Waals surface area contributed by atoms with Crippen LogP contribution < -0.4 is 15.4 Å². The molecule has 2 aromatic rings. The van der Waals surface area contributed by atoms with Gasteiger partial charge in [0.25, 0.3) is 0 Å². The van der Waals surface area contributed by atoms with Gasteiger partial charge in [0, 0.05) is 20.3 Å². The predicted octanol–water partition coefficient (Wildman–Crippen LogP) is 4.72. The number of ketones is 1. The molecule has 12 heteroatoms. The van der Waals surface area contributed by atoms with E-state index in [4.69, 9.17) is 14.2 Å². The average Bonchev–Trinajstić information content (AvgIpc) is 3.16. The molecule has 246 valence electrons. The number of rotatable bonds is 11. The number of sulfonamides is 1. The van der Waals surface area contributed by atoms with E-state index in [1.54, 1.807) is 24.3 Å². The van der Waals surface area contributed by atoms with Crippen molar-refractivity contribution in [3.63, 3.8) is 0 Å². The Morgan fingerprint density at radius 1 is 1.16 bits per heavy atom. The maximum Gasteiger partial charge on any atom is 0.318 e. The summed E-state index contributed by atoms with van der Waals surface area (Å²) in [6.45, 7) is 13.1. The Kier molecular flexibility index (Phi) is 10.0. The van der Waals surface area contributed by atoms with E-state index >= 15 is 0 Å². The van der Waals surface area contributed by atoms with Crippen LogP contribution in [0.4, 0.5) is 11.4 Å². The quantitative estimate of drug-likeness (QED) is 0.202. The highest BCUT2D eigenvalue weighted by Crippen LogP contribution is 2.41. The molecule has 2 aromatic carbocycles. The molecule has 4 rings (SSSR count). The van der Waals surface area contributed by atoms with Crippen LogP contribution in [0.5, 0.6) is 5.75 Å². The first-order chi connectivity index (χ1) is 21.0. The third kappa shape index (κ3) is 7.02. The van der Waals surface area contributed by atoms with Gasteiger partial charge >= 0.3 is 5.97 Å². The minimum atomic E-state index is -4.16. The Morgan fingerprint density at radius 3 is 2.44 bits per heavy atom. The molecule has 1 fully saturated rings. The fraction of sp³-hybridized carbons (Fsp3) is 0.545. The highest BCUT2D eigenvalue weighted by molar-refractivity contribution is 7.89. The van der Waals surface area contributed by atoms with Crippen LogP contribution in [-0.4, -0.2) is 68.5 Å². The maximum absolute atomic E-state index is 14.6. The molecular weight excluding hydrogens is 598 g/mol. The molecule has 2 aliphatic rings. The van der Waals surface area contributed by atoms with E-state index in [9.17, 15) is 22.8 Å². The van der Waals surface area contributed by atoms with E-state index in [1.165, 1.54) is 27.0 Å². The van der Waals surface area contributed by atoms with Gasteiger partial charge in [-0.15, -0.1) is 0 Å². The molecule has 0 radical (unpaired) electrons. The number of carbonyl (C=O) groups is 3. The highest BCUT2D eigenvalue weighted by Gasteiger charge is 2.58. The summed E-state index contributed by atoms with van der Waals surface area (Å²) in [7, 11) is -2.66. The molecule has 45 heavy (non-hydrogen) atoms.